The van der Waals surface area contributed by atoms with Crippen molar-refractivity contribution in [1.29, 1.82) is 0 Å². The van der Waals surface area contributed by atoms with Crippen LogP contribution in [0.15, 0.2) is 0 Å². The zero-order chi connectivity index (χ0) is 15.3. The molecule has 0 saturated heterocycles. The Morgan fingerprint density at radius 1 is 1.15 bits per heavy atom. The maximum atomic E-state index is 6.21. The third kappa shape index (κ3) is 2.41. The van der Waals surface area contributed by atoms with E-state index in [0.717, 1.165) is 29.7 Å². The summed E-state index contributed by atoms with van der Waals surface area (Å²) in [5.74, 6) is 0.581. The van der Waals surface area contributed by atoms with Crippen molar-refractivity contribution in [1.82, 2.24) is 19.3 Å². The van der Waals surface area contributed by atoms with Gasteiger partial charge in [-0.25, -0.2) is 4.98 Å². The van der Waals surface area contributed by atoms with Crippen LogP contribution in [0.25, 0.3) is 11.2 Å². The van der Waals surface area contributed by atoms with Crippen molar-refractivity contribution in [3.63, 3.8) is 0 Å². The van der Waals surface area contributed by atoms with Gasteiger partial charge in [0.2, 0.25) is 5.95 Å². The summed E-state index contributed by atoms with van der Waals surface area (Å²) in [6, 6.07) is 0. The lowest BCUT2D eigenvalue weighted by Gasteiger charge is -2.34. The monoisotopic (exact) mass is 277 g/mol. The van der Waals surface area contributed by atoms with Crippen molar-refractivity contribution in [2.45, 2.75) is 59.9 Å². The fourth-order valence-corrected chi connectivity index (χ4v) is 3.41. The average Bonchev–Trinajstić information content (AvgIpc) is 2.72. The Balaban J connectivity index is 2.65. The maximum absolute atomic E-state index is 6.21. The highest BCUT2D eigenvalue weighted by molar-refractivity contribution is 5.78. The second-order valence-electron chi connectivity index (χ2n) is 7.45. The Hall–Kier alpha value is -1.52. The number of aromatic nitrogens is 4. The number of nitrogens with two attached hydrogens (primary N) is 1. The molecule has 0 aliphatic rings. The first-order chi connectivity index (χ1) is 9.07. The minimum atomic E-state index is -0.101. The zero-order valence-corrected chi connectivity index (χ0v) is 13.8. The van der Waals surface area contributed by atoms with Crippen molar-refractivity contribution in [3.8, 4) is 0 Å². The van der Waals surface area contributed by atoms with Gasteiger partial charge in [-0.15, -0.1) is 0 Å². The first kappa shape index (κ1) is 14.9. The van der Waals surface area contributed by atoms with Gasteiger partial charge in [0.05, 0.1) is 5.69 Å². The van der Waals surface area contributed by atoms with Gasteiger partial charge in [0.15, 0.2) is 5.65 Å². The molecule has 0 fully saturated rings. The van der Waals surface area contributed by atoms with E-state index in [1.807, 2.05) is 11.7 Å². The van der Waals surface area contributed by atoms with Crippen LogP contribution < -0.4 is 5.73 Å². The molecule has 2 rings (SSSR count). The van der Waals surface area contributed by atoms with Crippen LogP contribution in [0, 0.1) is 5.41 Å². The molecule has 0 radical (unpaired) electrons. The van der Waals surface area contributed by atoms with Gasteiger partial charge in [0.25, 0.3) is 0 Å². The predicted molar refractivity (Wildman–Crippen MR) is 83.7 cm³/mol. The van der Waals surface area contributed by atoms with Crippen LogP contribution in [0.2, 0.25) is 0 Å². The van der Waals surface area contributed by atoms with E-state index in [1.54, 1.807) is 0 Å². The third-order valence-corrected chi connectivity index (χ3v) is 3.63. The van der Waals surface area contributed by atoms with E-state index in [0.29, 0.717) is 5.95 Å². The molecular formula is C15H27N5. The van der Waals surface area contributed by atoms with Crippen molar-refractivity contribution in [2.75, 3.05) is 5.73 Å². The maximum Gasteiger partial charge on any atom is 0.203 e. The van der Waals surface area contributed by atoms with E-state index in [1.165, 1.54) is 0 Å². The molecule has 0 bridgehead atoms. The van der Waals surface area contributed by atoms with Crippen LogP contribution >= 0.6 is 0 Å². The second kappa shape index (κ2) is 4.50. The van der Waals surface area contributed by atoms with Gasteiger partial charge in [0.1, 0.15) is 5.52 Å². The summed E-state index contributed by atoms with van der Waals surface area (Å²) in [5, 5.41) is 4.56. The van der Waals surface area contributed by atoms with E-state index in [9.17, 15) is 0 Å². The molecule has 5 heteroatoms. The molecule has 112 valence electrons. The van der Waals surface area contributed by atoms with E-state index < -0.39 is 0 Å². The molecule has 0 atom stereocenters. The van der Waals surface area contributed by atoms with Crippen LogP contribution in [0.4, 0.5) is 5.95 Å². The molecule has 20 heavy (non-hydrogen) atoms. The zero-order valence-electron chi connectivity index (χ0n) is 13.8. The Morgan fingerprint density at radius 3 is 2.25 bits per heavy atom. The summed E-state index contributed by atoms with van der Waals surface area (Å²) < 4.78 is 4.04. The molecule has 0 amide bonds. The number of rotatable bonds is 3. The summed E-state index contributed by atoms with van der Waals surface area (Å²) in [7, 11) is 1.96. The molecule has 0 saturated carbocycles. The summed E-state index contributed by atoms with van der Waals surface area (Å²) in [4.78, 5) is 4.56. The van der Waals surface area contributed by atoms with Gasteiger partial charge in [0, 0.05) is 12.6 Å². The number of hydrogen-bond acceptors (Lipinski definition) is 3. The molecular weight excluding hydrogens is 250 g/mol. The van der Waals surface area contributed by atoms with Crippen LogP contribution in [0.3, 0.4) is 0 Å². The van der Waals surface area contributed by atoms with Gasteiger partial charge >= 0.3 is 0 Å². The SMILES string of the molecule is CCc1nn(C)c2c1nc(N)n2C(C)(C)CC(C)(C)C. The molecule has 2 aromatic heterocycles. The van der Waals surface area contributed by atoms with Crippen molar-refractivity contribution in [2.24, 2.45) is 12.5 Å². The molecule has 0 spiro atoms. The van der Waals surface area contributed by atoms with E-state index in [2.05, 4.69) is 56.2 Å². The first-order valence-electron chi connectivity index (χ1n) is 7.27. The summed E-state index contributed by atoms with van der Waals surface area (Å²) in [6.45, 7) is 13.3. The van der Waals surface area contributed by atoms with E-state index >= 15 is 0 Å². The highest BCUT2D eigenvalue weighted by Crippen LogP contribution is 2.36. The number of imidazole rings is 1. The number of fused-ring (bicyclic) bond motifs is 1. The molecule has 0 unspecified atom stereocenters. The highest BCUT2D eigenvalue weighted by atomic mass is 15.4. The lowest BCUT2D eigenvalue weighted by atomic mass is 9.81. The number of aryl methyl sites for hydroxylation is 2. The molecule has 2 aromatic rings. The molecule has 2 heterocycles. The van der Waals surface area contributed by atoms with Gasteiger partial charge in [-0.3, -0.25) is 9.25 Å². The van der Waals surface area contributed by atoms with Crippen LogP contribution in [0.1, 0.15) is 53.7 Å². The van der Waals surface area contributed by atoms with Crippen molar-refractivity contribution >= 4 is 17.1 Å². The second-order valence-corrected chi connectivity index (χ2v) is 7.45. The highest BCUT2D eigenvalue weighted by Gasteiger charge is 2.32. The van der Waals surface area contributed by atoms with Gasteiger partial charge < -0.3 is 5.73 Å². The molecule has 0 aromatic carbocycles. The fraction of sp³-hybridized carbons (Fsp3) is 0.733. The largest absolute Gasteiger partial charge is 0.369 e. The first-order valence-corrected chi connectivity index (χ1v) is 7.27. The Bertz CT molecular complexity index is 625. The van der Waals surface area contributed by atoms with Gasteiger partial charge in [-0.1, -0.05) is 27.7 Å². The normalized spacial score (nSPS) is 13.3. The topological polar surface area (TPSA) is 61.7 Å². The molecule has 5 nitrogen and oxygen atoms in total. The smallest absolute Gasteiger partial charge is 0.203 e. The standard InChI is InChI=1S/C15H27N5/c1-8-10-11-12(19(7)18-10)20(13(16)17-11)15(5,6)9-14(2,3)4/h8-9H2,1-7H3,(H2,16,17). The minimum absolute atomic E-state index is 0.101. The van der Waals surface area contributed by atoms with Gasteiger partial charge in [-0.05, 0) is 32.1 Å². The lowest BCUT2D eigenvalue weighted by Crippen LogP contribution is -2.33. The quantitative estimate of drug-likeness (QED) is 0.937. The van der Waals surface area contributed by atoms with Gasteiger partial charge in [-0.2, -0.15) is 5.10 Å². The van der Waals surface area contributed by atoms with Crippen molar-refractivity contribution < 1.29 is 0 Å². The number of hydrogen-bond donors (Lipinski definition) is 1. The summed E-state index contributed by atoms with van der Waals surface area (Å²) >= 11 is 0. The number of nitrogens with zero attached hydrogens (tertiary/aromatic N) is 4. The van der Waals surface area contributed by atoms with Crippen molar-refractivity contribution in [3.05, 3.63) is 5.69 Å². The number of nitrogen functional groups attached to an aromatic ring is 1. The average molecular weight is 277 g/mol. The van der Waals surface area contributed by atoms with E-state index in [4.69, 9.17) is 5.73 Å². The minimum Gasteiger partial charge on any atom is -0.369 e. The van der Waals surface area contributed by atoms with Crippen LogP contribution in [-0.4, -0.2) is 19.3 Å². The molecule has 2 N–H and O–H groups in total. The van der Waals surface area contributed by atoms with Crippen LogP contribution in [0.5, 0.6) is 0 Å². The Morgan fingerprint density at radius 2 is 1.75 bits per heavy atom. The summed E-state index contributed by atoms with van der Waals surface area (Å²) in [6.07, 6.45) is 1.88. The fourth-order valence-electron chi connectivity index (χ4n) is 3.41. The Kier molecular flexibility index (Phi) is 3.35. The molecule has 0 aliphatic carbocycles. The number of anilines is 1. The van der Waals surface area contributed by atoms with E-state index in [-0.39, 0.29) is 11.0 Å². The Labute approximate surface area is 121 Å². The third-order valence-electron chi connectivity index (χ3n) is 3.63. The predicted octanol–water partition coefficient (Wildman–Crippen LogP) is 3.09. The molecule has 0 aliphatic heterocycles. The van der Waals surface area contributed by atoms with Crippen LogP contribution in [-0.2, 0) is 19.0 Å². The lowest BCUT2D eigenvalue weighted by molar-refractivity contribution is 0.220. The summed E-state index contributed by atoms with van der Waals surface area (Å²) in [5.41, 5.74) is 9.30.